The van der Waals surface area contributed by atoms with Gasteiger partial charge < -0.3 is 20.5 Å². The number of carbonyl (C=O) groups is 2. The van der Waals surface area contributed by atoms with Gasteiger partial charge in [-0.3, -0.25) is 9.59 Å². The highest BCUT2D eigenvalue weighted by Crippen LogP contribution is 2.20. The maximum atomic E-state index is 12.2. The zero-order valence-electron chi connectivity index (χ0n) is 11.1. The van der Waals surface area contributed by atoms with Gasteiger partial charge in [0.25, 0.3) is 0 Å². The molecule has 0 radical (unpaired) electrons. The van der Waals surface area contributed by atoms with E-state index < -0.39 is 18.6 Å². The molecule has 1 aromatic rings. The van der Waals surface area contributed by atoms with Crippen LogP contribution in [0, 0.1) is 0 Å². The fourth-order valence-electron chi connectivity index (χ4n) is 1.67. The average Bonchev–Trinajstić information content (AvgIpc) is 2.41. The van der Waals surface area contributed by atoms with E-state index in [0.717, 1.165) is 4.90 Å². The average molecular weight is 301 g/mol. The van der Waals surface area contributed by atoms with Gasteiger partial charge in [0.05, 0.1) is 12.5 Å². The van der Waals surface area contributed by atoms with E-state index in [1.807, 2.05) is 0 Å². The number of benzene rings is 1. The van der Waals surface area contributed by atoms with E-state index in [-0.39, 0.29) is 18.9 Å². The summed E-state index contributed by atoms with van der Waals surface area (Å²) in [5.41, 5.74) is 5.89. The SMILES string of the molecule is COC(CN)CC(=O)N(CC(=O)O)c1cccc(Cl)c1. The highest BCUT2D eigenvalue weighted by atomic mass is 35.5. The number of carboxylic acid groups (broad SMARTS) is 1. The van der Waals surface area contributed by atoms with Crippen LogP contribution in [-0.2, 0) is 14.3 Å². The molecule has 0 aliphatic heterocycles. The van der Waals surface area contributed by atoms with E-state index in [2.05, 4.69) is 0 Å². The third kappa shape index (κ3) is 4.80. The topological polar surface area (TPSA) is 92.9 Å². The number of halogens is 1. The van der Waals surface area contributed by atoms with Crippen molar-refractivity contribution in [2.75, 3.05) is 25.1 Å². The Morgan fingerprint density at radius 3 is 2.70 bits per heavy atom. The second kappa shape index (κ2) is 7.84. The van der Waals surface area contributed by atoms with Crippen LogP contribution in [0.1, 0.15) is 6.42 Å². The van der Waals surface area contributed by atoms with Crippen LogP contribution in [0.3, 0.4) is 0 Å². The van der Waals surface area contributed by atoms with Crippen LogP contribution < -0.4 is 10.6 Å². The molecule has 0 aliphatic carbocycles. The van der Waals surface area contributed by atoms with Crippen LogP contribution in [0.4, 0.5) is 5.69 Å². The maximum absolute atomic E-state index is 12.2. The highest BCUT2D eigenvalue weighted by molar-refractivity contribution is 6.30. The Morgan fingerprint density at radius 2 is 2.20 bits per heavy atom. The number of anilines is 1. The first-order chi connectivity index (χ1) is 9.47. The molecule has 1 unspecified atom stereocenters. The van der Waals surface area contributed by atoms with E-state index in [1.54, 1.807) is 18.2 Å². The van der Waals surface area contributed by atoms with Crippen molar-refractivity contribution in [2.24, 2.45) is 5.73 Å². The fraction of sp³-hybridized carbons (Fsp3) is 0.385. The van der Waals surface area contributed by atoms with Crippen molar-refractivity contribution < 1.29 is 19.4 Å². The summed E-state index contributed by atoms with van der Waals surface area (Å²) in [7, 11) is 1.45. The highest BCUT2D eigenvalue weighted by Gasteiger charge is 2.22. The number of carboxylic acids is 1. The quantitative estimate of drug-likeness (QED) is 0.787. The van der Waals surface area contributed by atoms with Gasteiger partial charge in [0.15, 0.2) is 0 Å². The smallest absolute Gasteiger partial charge is 0.323 e. The largest absolute Gasteiger partial charge is 0.480 e. The first-order valence-electron chi connectivity index (χ1n) is 5.98. The first kappa shape index (κ1) is 16.4. The number of carbonyl (C=O) groups excluding carboxylic acids is 1. The van der Waals surface area contributed by atoms with Gasteiger partial charge in [0.2, 0.25) is 5.91 Å². The van der Waals surface area contributed by atoms with Gasteiger partial charge in [0, 0.05) is 24.4 Å². The Balaban J connectivity index is 2.94. The lowest BCUT2D eigenvalue weighted by Crippen LogP contribution is -2.39. The molecule has 1 rings (SSSR count). The minimum Gasteiger partial charge on any atom is -0.480 e. The number of aliphatic carboxylic acids is 1. The molecule has 1 aromatic carbocycles. The second-order valence-corrected chi connectivity index (χ2v) is 4.59. The van der Waals surface area contributed by atoms with E-state index in [4.69, 9.17) is 27.2 Å². The third-order valence-corrected chi connectivity index (χ3v) is 2.95. The predicted octanol–water partition coefficient (Wildman–Crippen LogP) is 1.12. The molecule has 0 aromatic heterocycles. The zero-order valence-corrected chi connectivity index (χ0v) is 11.8. The monoisotopic (exact) mass is 300 g/mol. The van der Waals surface area contributed by atoms with Crippen molar-refractivity contribution in [3.8, 4) is 0 Å². The van der Waals surface area contributed by atoms with Crippen LogP contribution in [-0.4, -0.2) is 43.3 Å². The van der Waals surface area contributed by atoms with Crippen molar-refractivity contribution in [1.82, 2.24) is 0 Å². The lowest BCUT2D eigenvalue weighted by Gasteiger charge is -2.23. The Labute approximate surface area is 122 Å². The fourth-order valence-corrected chi connectivity index (χ4v) is 1.86. The van der Waals surface area contributed by atoms with Crippen LogP contribution in [0.2, 0.25) is 5.02 Å². The second-order valence-electron chi connectivity index (χ2n) is 4.15. The van der Waals surface area contributed by atoms with Crippen molar-refractivity contribution in [3.05, 3.63) is 29.3 Å². The lowest BCUT2D eigenvalue weighted by atomic mass is 10.2. The summed E-state index contributed by atoms with van der Waals surface area (Å²) < 4.78 is 5.04. The Bertz CT molecular complexity index is 477. The van der Waals surface area contributed by atoms with Crippen molar-refractivity contribution >= 4 is 29.2 Å². The van der Waals surface area contributed by atoms with Crippen molar-refractivity contribution in [1.29, 1.82) is 0 Å². The van der Waals surface area contributed by atoms with Crippen molar-refractivity contribution in [2.45, 2.75) is 12.5 Å². The molecule has 0 spiro atoms. The summed E-state index contributed by atoms with van der Waals surface area (Å²) in [6, 6.07) is 6.45. The van der Waals surface area contributed by atoms with Crippen LogP contribution in [0.15, 0.2) is 24.3 Å². The van der Waals surface area contributed by atoms with Gasteiger partial charge >= 0.3 is 5.97 Å². The summed E-state index contributed by atoms with van der Waals surface area (Å²) in [5.74, 6) is -1.49. The minimum atomic E-state index is -1.11. The van der Waals surface area contributed by atoms with Crippen LogP contribution in [0.25, 0.3) is 0 Å². The number of hydrogen-bond donors (Lipinski definition) is 2. The van der Waals surface area contributed by atoms with E-state index >= 15 is 0 Å². The van der Waals surface area contributed by atoms with Gasteiger partial charge in [-0.2, -0.15) is 0 Å². The molecule has 0 saturated carbocycles. The van der Waals surface area contributed by atoms with E-state index in [0.29, 0.717) is 10.7 Å². The molecular weight excluding hydrogens is 284 g/mol. The molecule has 0 fully saturated rings. The molecule has 0 saturated heterocycles. The number of nitrogens with two attached hydrogens (primary N) is 1. The molecule has 20 heavy (non-hydrogen) atoms. The third-order valence-electron chi connectivity index (χ3n) is 2.71. The molecule has 0 bridgehead atoms. The summed E-state index contributed by atoms with van der Waals surface area (Å²) in [5, 5.41) is 9.35. The number of ether oxygens (including phenoxy) is 1. The molecule has 0 heterocycles. The van der Waals surface area contributed by atoms with Gasteiger partial charge in [-0.05, 0) is 18.2 Å². The summed E-state index contributed by atoms with van der Waals surface area (Å²) in [6.45, 7) is -0.265. The minimum absolute atomic E-state index is 0.00674. The van der Waals surface area contributed by atoms with Gasteiger partial charge in [0.1, 0.15) is 6.54 Å². The normalized spacial score (nSPS) is 11.9. The van der Waals surface area contributed by atoms with Gasteiger partial charge in [-0.15, -0.1) is 0 Å². The summed E-state index contributed by atoms with van der Waals surface area (Å²) in [4.78, 5) is 24.3. The van der Waals surface area contributed by atoms with Gasteiger partial charge in [-0.25, -0.2) is 0 Å². The first-order valence-corrected chi connectivity index (χ1v) is 6.36. The van der Waals surface area contributed by atoms with E-state index in [1.165, 1.54) is 13.2 Å². The van der Waals surface area contributed by atoms with Crippen molar-refractivity contribution in [3.63, 3.8) is 0 Å². The number of methoxy groups -OCH3 is 1. The van der Waals surface area contributed by atoms with Crippen LogP contribution in [0.5, 0.6) is 0 Å². The number of rotatable bonds is 7. The molecule has 1 amide bonds. The van der Waals surface area contributed by atoms with Gasteiger partial charge in [-0.1, -0.05) is 17.7 Å². The lowest BCUT2D eigenvalue weighted by molar-refractivity contribution is -0.137. The molecule has 7 heteroatoms. The molecule has 1 atom stereocenters. The molecule has 0 aliphatic rings. The molecule has 3 N–H and O–H groups in total. The van der Waals surface area contributed by atoms with Crippen LogP contribution >= 0.6 is 11.6 Å². The van der Waals surface area contributed by atoms with E-state index in [9.17, 15) is 9.59 Å². The Kier molecular flexibility index (Phi) is 6.44. The Morgan fingerprint density at radius 1 is 1.50 bits per heavy atom. The Hall–Kier alpha value is -1.63. The number of hydrogen-bond acceptors (Lipinski definition) is 4. The molecule has 110 valence electrons. The summed E-state index contributed by atoms with van der Waals surface area (Å²) in [6.07, 6.45) is -0.440. The molecular formula is C13H17ClN2O4. The zero-order chi connectivity index (χ0) is 15.1. The standard InChI is InChI=1S/C13H17ClN2O4/c1-20-11(7-15)6-12(17)16(8-13(18)19)10-4-2-3-9(14)5-10/h2-5,11H,6-8,15H2,1H3,(H,18,19). The molecule has 6 nitrogen and oxygen atoms in total. The number of amides is 1. The summed E-state index contributed by atoms with van der Waals surface area (Å²) >= 11 is 5.86. The number of nitrogens with zero attached hydrogens (tertiary/aromatic N) is 1. The maximum Gasteiger partial charge on any atom is 0.323 e. The predicted molar refractivity (Wildman–Crippen MR) is 75.9 cm³/mol.